The smallest absolute Gasteiger partial charge is 0.339 e. The first-order chi connectivity index (χ1) is 17.3. The largest absolute Gasteiger partial charge is 0.478 e. The van der Waals surface area contributed by atoms with Crippen molar-refractivity contribution in [1.82, 2.24) is 44.7 Å². The highest BCUT2D eigenvalue weighted by Crippen LogP contribution is 2.25. The summed E-state index contributed by atoms with van der Waals surface area (Å²) < 4.78 is 18.9. The third kappa shape index (κ3) is 4.34. The quantitative estimate of drug-likeness (QED) is 0.430. The summed E-state index contributed by atoms with van der Waals surface area (Å²) in [6.07, 6.45) is 6.76. The van der Waals surface area contributed by atoms with Crippen molar-refractivity contribution >= 4 is 11.9 Å². The second-order valence-corrected chi connectivity index (χ2v) is 8.86. The average molecular weight is 494 g/mol. The van der Waals surface area contributed by atoms with Crippen molar-refractivity contribution in [2.24, 2.45) is 13.0 Å². The zero-order valence-corrected chi connectivity index (χ0v) is 19.7. The molecule has 1 aromatic carbocycles. The van der Waals surface area contributed by atoms with Crippen LogP contribution in [0.1, 0.15) is 39.4 Å². The number of carbonyl (C=O) groups excluding carboxylic acids is 1. The van der Waals surface area contributed by atoms with Gasteiger partial charge in [0.15, 0.2) is 5.69 Å². The maximum Gasteiger partial charge on any atom is 0.339 e. The van der Waals surface area contributed by atoms with Gasteiger partial charge in [-0.3, -0.25) is 14.2 Å². The van der Waals surface area contributed by atoms with Crippen molar-refractivity contribution in [1.29, 1.82) is 0 Å². The zero-order valence-electron chi connectivity index (χ0n) is 19.7. The minimum atomic E-state index is -1.37. The number of aromatic nitrogens is 8. The molecule has 1 saturated heterocycles. The second kappa shape index (κ2) is 9.32. The zero-order chi connectivity index (χ0) is 25.4. The molecule has 5 rings (SSSR count). The Morgan fingerprint density at radius 3 is 2.78 bits per heavy atom. The molecule has 1 N–H and O–H groups in total. The van der Waals surface area contributed by atoms with Crippen molar-refractivity contribution in [3.63, 3.8) is 0 Å². The molecule has 1 aliphatic rings. The summed E-state index contributed by atoms with van der Waals surface area (Å²) in [5, 5.41) is 30.0. The molecule has 1 unspecified atom stereocenters. The third-order valence-electron chi connectivity index (χ3n) is 6.33. The van der Waals surface area contributed by atoms with E-state index in [0.29, 0.717) is 31.0 Å². The molecule has 4 aromatic rings. The van der Waals surface area contributed by atoms with Crippen molar-refractivity contribution in [3.05, 3.63) is 59.6 Å². The van der Waals surface area contributed by atoms with Crippen molar-refractivity contribution < 1.29 is 19.1 Å². The highest BCUT2D eigenvalue weighted by Gasteiger charge is 2.29. The Morgan fingerprint density at radius 2 is 2.03 bits per heavy atom. The number of likely N-dealkylation sites (tertiary alicyclic amines) is 1. The van der Waals surface area contributed by atoms with Crippen LogP contribution in [0.15, 0.2) is 36.8 Å². The van der Waals surface area contributed by atoms with Crippen LogP contribution < -0.4 is 0 Å². The summed E-state index contributed by atoms with van der Waals surface area (Å²) in [7, 11) is 1.80. The van der Waals surface area contributed by atoms with Crippen LogP contribution in [-0.4, -0.2) is 74.7 Å². The number of benzene rings is 1. The summed E-state index contributed by atoms with van der Waals surface area (Å²) >= 11 is 0. The Morgan fingerprint density at radius 1 is 1.19 bits per heavy atom. The van der Waals surface area contributed by atoms with Crippen LogP contribution in [0.3, 0.4) is 0 Å². The van der Waals surface area contributed by atoms with Gasteiger partial charge in [0, 0.05) is 32.2 Å². The lowest BCUT2D eigenvalue weighted by Crippen LogP contribution is -2.41. The number of carboxylic acids is 1. The Bertz CT molecular complexity index is 1440. The molecule has 0 aliphatic carbocycles. The number of amides is 1. The molecule has 4 heterocycles. The van der Waals surface area contributed by atoms with E-state index >= 15 is 0 Å². The summed E-state index contributed by atoms with van der Waals surface area (Å²) in [4.78, 5) is 26.5. The topological polar surface area (TPSA) is 137 Å². The van der Waals surface area contributed by atoms with E-state index in [-0.39, 0.29) is 23.1 Å². The molecule has 0 radical (unpaired) electrons. The van der Waals surface area contributed by atoms with Gasteiger partial charge < -0.3 is 10.0 Å². The number of piperidine rings is 1. The molecular formula is C23H24FN9O3. The Balaban J connectivity index is 1.29. The number of carbonyl (C=O) groups is 2. The van der Waals surface area contributed by atoms with Gasteiger partial charge in [0.2, 0.25) is 0 Å². The number of halogens is 1. The monoisotopic (exact) mass is 493 g/mol. The van der Waals surface area contributed by atoms with E-state index in [1.54, 1.807) is 51.5 Å². The number of rotatable bonds is 6. The van der Waals surface area contributed by atoms with Gasteiger partial charge in [0.05, 0.1) is 24.3 Å². The molecule has 1 atom stereocenters. The van der Waals surface area contributed by atoms with Gasteiger partial charge in [0.1, 0.15) is 22.8 Å². The van der Waals surface area contributed by atoms with Crippen LogP contribution in [0.2, 0.25) is 0 Å². The average Bonchev–Trinajstić information content (AvgIpc) is 3.58. The van der Waals surface area contributed by atoms with Gasteiger partial charge >= 0.3 is 5.97 Å². The Labute approximate surface area is 204 Å². The van der Waals surface area contributed by atoms with Gasteiger partial charge in [0.25, 0.3) is 5.91 Å². The van der Waals surface area contributed by atoms with Crippen molar-refractivity contribution in [3.8, 4) is 16.9 Å². The summed E-state index contributed by atoms with van der Waals surface area (Å²) in [6.45, 7) is 3.40. The molecule has 0 spiro atoms. The minimum Gasteiger partial charge on any atom is -0.478 e. The molecule has 1 amide bonds. The molecule has 13 heteroatoms. The van der Waals surface area contributed by atoms with Crippen molar-refractivity contribution in [2.45, 2.75) is 26.3 Å². The van der Waals surface area contributed by atoms with E-state index in [0.717, 1.165) is 24.6 Å². The van der Waals surface area contributed by atoms with Gasteiger partial charge in [-0.1, -0.05) is 22.6 Å². The molecule has 3 aromatic heterocycles. The lowest BCUT2D eigenvalue weighted by atomic mass is 9.97. The van der Waals surface area contributed by atoms with Gasteiger partial charge in [-0.15, -0.1) is 10.2 Å². The molecule has 12 nitrogen and oxygen atoms in total. The van der Waals surface area contributed by atoms with Gasteiger partial charge in [-0.05, 0) is 31.7 Å². The highest BCUT2D eigenvalue weighted by atomic mass is 19.1. The molecule has 0 saturated carbocycles. The first-order valence-electron chi connectivity index (χ1n) is 11.4. The number of aromatic carboxylic acids is 1. The molecule has 0 bridgehead atoms. The van der Waals surface area contributed by atoms with Gasteiger partial charge in [-0.25, -0.2) is 13.9 Å². The minimum absolute atomic E-state index is 0.109. The van der Waals surface area contributed by atoms with Crippen LogP contribution in [0.5, 0.6) is 0 Å². The standard InChI is InChI=1S/C23H24FN9O3/c1-14-21(27-29-33(14)16-9-25-30(2)12-16)22(34)31-8-4-5-15(10-31)11-32-13-19(26-28-32)17-6-3-7-18(24)20(17)23(35)36/h3,6-7,9,12-13,15H,4-5,8,10-11H2,1-2H3,(H,35,36). The lowest BCUT2D eigenvalue weighted by Gasteiger charge is -2.32. The van der Waals surface area contributed by atoms with Crippen LogP contribution >= 0.6 is 0 Å². The van der Waals surface area contributed by atoms with Crippen LogP contribution in [-0.2, 0) is 13.6 Å². The number of hydrogen-bond donors (Lipinski definition) is 1. The fourth-order valence-corrected chi connectivity index (χ4v) is 4.57. The van der Waals surface area contributed by atoms with Gasteiger partial charge in [-0.2, -0.15) is 5.10 Å². The van der Waals surface area contributed by atoms with E-state index in [1.165, 1.54) is 12.1 Å². The first kappa shape index (κ1) is 23.3. The van der Waals surface area contributed by atoms with Crippen LogP contribution in [0, 0.1) is 18.7 Å². The Kier molecular flexibility index (Phi) is 6.04. The summed E-state index contributed by atoms with van der Waals surface area (Å²) in [6, 6.07) is 4.04. The maximum absolute atomic E-state index is 14.1. The molecule has 36 heavy (non-hydrogen) atoms. The number of nitrogens with zero attached hydrogens (tertiary/aromatic N) is 9. The lowest BCUT2D eigenvalue weighted by molar-refractivity contribution is 0.0651. The molecule has 1 fully saturated rings. The predicted molar refractivity (Wildman–Crippen MR) is 124 cm³/mol. The van der Waals surface area contributed by atoms with E-state index in [1.807, 2.05) is 0 Å². The SMILES string of the molecule is Cc1c(C(=O)N2CCCC(Cn3cc(-c4cccc(F)c4C(=O)O)nn3)C2)nnn1-c1cnn(C)c1. The number of hydrogen-bond acceptors (Lipinski definition) is 7. The fourth-order valence-electron chi connectivity index (χ4n) is 4.57. The molecule has 186 valence electrons. The molecule has 1 aliphatic heterocycles. The van der Waals surface area contributed by atoms with E-state index in [2.05, 4.69) is 25.7 Å². The summed E-state index contributed by atoms with van der Waals surface area (Å²) in [5.74, 6) is -2.27. The fraction of sp³-hybridized carbons (Fsp3) is 0.348. The maximum atomic E-state index is 14.1. The predicted octanol–water partition coefficient (Wildman–Crippen LogP) is 1.96. The third-order valence-corrected chi connectivity index (χ3v) is 6.33. The van der Waals surface area contributed by atoms with Crippen molar-refractivity contribution in [2.75, 3.05) is 13.1 Å². The van der Waals surface area contributed by atoms with Crippen LogP contribution in [0.4, 0.5) is 4.39 Å². The molecular weight excluding hydrogens is 469 g/mol. The van der Waals surface area contributed by atoms with Crippen LogP contribution in [0.25, 0.3) is 16.9 Å². The number of carboxylic acid groups (broad SMARTS) is 1. The Hall–Kier alpha value is -4.42. The highest BCUT2D eigenvalue weighted by molar-refractivity contribution is 5.95. The summed E-state index contributed by atoms with van der Waals surface area (Å²) in [5.41, 5.74) is 1.67. The van der Waals surface area contributed by atoms with E-state index < -0.39 is 17.3 Å². The normalized spacial score (nSPS) is 15.9. The number of aryl methyl sites for hydroxylation is 1. The van der Waals surface area contributed by atoms with E-state index in [9.17, 15) is 19.1 Å². The van der Waals surface area contributed by atoms with E-state index in [4.69, 9.17) is 0 Å². The second-order valence-electron chi connectivity index (χ2n) is 8.86. The first-order valence-corrected chi connectivity index (χ1v) is 11.4.